The van der Waals surface area contributed by atoms with E-state index in [-0.39, 0.29) is 0 Å². The molecule has 0 amide bonds. The molecular weight excluding hydrogens is 220 g/mol. The molecule has 108 valence electrons. The van der Waals surface area contributed by atoms with Crippen molar-refractivity contribution in [3.05, 3.63) is 0 Å². The molecule has 0 aromatic rings. The van der Waals surface area contributed by atoms with Crippen molar-refractivity contribution in [2.75, 3.05) is 7.11 Å². The Balaban J connectivity index is 0.000000771. The summed E-state index contributed by atoms with van der Waals surface area (Å²) in [5, 5.41) is 7.00. The van der Waals surface area contributed by atoms with Gasteiger partial charge in [0.1, 0.15) is 0 Å². The molecule has 0 spiro atoms. The molecular formula is C17H34O. The molecule has 2 saturated carbocycles. The van der Waals surface area contributed by atoms with Crippen molar-refractivity contribution in [1.82, 2.24) is 0 Å². The largest absolute Gasteiger partial charge is 0.400 e. The lowest BCUT2D eigenvalue weighted by Gasteiger charge is -2.30. The second-order valence-electron chi connectivity index (χ2n) is 6.21. The van der Waals surface area contributed by atoms with Crippen molar-refractivity contribution in [1.29, 1.82) is 0 Å². The van der Waals surface area contributed by atoms with Crippen LogP contribution >= 0.6 is 0 Å². The van der Waals surface area contributed by atoms with Crippen molar-refractivity contribution in [2.45, 2.75) is 89.9 Å². The highest BCUT2D eigenvalue weighted by molar-refractivity contribution is 4.74. The number of rotatable bonds is 1. The lowest BCUT2D eigenvalue weighted by Crippen LogP contribution is -2.17. The zero-order valence-electron chi connectivity index (χ0n) is 12.5. The van der Waals surface area contributed by atoms with E-state index >= 15 is 0 Å². The van der Waals surface area contributed by atoms with Crippen LogP contribution in [0.15, 0.2) is 0 Å². The molecule has 1 heteroatoms. The van der Waals surface area contributed by atoms with E-state index in [2.05, 4.69) is 0 Å². The predicted molar refractivity (Wildman–Crippen MR) is 79.8 cm³/mol. The average Bonchev–Trinajstić information content (AvgIpc) is 2.32. The Bertz CT molecular complexity index is 142. The van der Waals surface area contributed by atoms with Crippen LogP contribution in [0, 0.1) is 11.8 Å². The molecule has 0 aromatic carbocycles. The van der Waals surface area contributed by atoms with Gasteiger partial charge in [0, 0.05) is 7.11 Å². The molecule has 0 bridgehead atoms. The molecule has 0 aromatic heterocycles. The van der Waals surface area contributed by atoms with Gasteiger partial charge in [-0.25, -0.2) is 0 Å². The summed E-state index contributed by atoms with van der Waals surface area (Å²) in [6.07, 6.45) is 21.4. The maximum atomic E-state index is 7.00. The highest BCUT2D eigenvalue weighted by Crippen LogP contribution is 2.35. The first-order valence-electron chi connectivity index (χ1n) is 8.41. The minimum Gasteiger partial charge on any atom is -0.400 e. The Morgan fingerprint density at radius 1 is 0.444 bits per heavy atom. The third-order valence-electron chi connectivity index (χ3n) is 4.97. The zero-order chi connectivity index (χ0) is 13.1. The molecule has 2 fully saturated rings. The first-order valence-corrected chi connectivity index (χ1v) is 8.41. The van der Waals surface area contributed by atoms with Gasteiger partial charge in [-0.3, -0.25) is 0 Å². The van der Waals surface area contributed by atoms with Gasteiger partial charge in [-0.15, -0.1) is 0 Å². The third-order valence-corrected chi connectivity index (χ3v) is 4.97. The van der Waals surface area contributed by atoms with E-state index in [1.807, 2.05) is 0 Å². The highest BCUT2D eigenvalue weighted by atomic mass is 16.2. The second kappa shape index (κ2) is 10.8. The minimum absolute atomic E-state index is 1.00. The van der Waals surface area contributed by atoms with Crippen molar-refractivity contribution in [3.63, 3.8) is 0 Å². The van der Waals surface area contributed by atoms with Gasteiger partial charge in [0.05, 0.1) is 0 Å². The molecule has 0 aliphatic heterocycles. The van der Waals surface area contributed by atoms with Crippen LogP contribution in [0.4, 0.5) is 0 Å². The molecule has 1 nitrogen and oxygen atoms in total. The topological polar surface area (TPSA) is 20.2 Å². The molecule has 2 aliphatic carbocycles. The Hall–Kier alpha value is -0.0400. The summed E-state index contributed by atoms with van der Waals surface area (Å²) in [5.74, 6) is 2.22. The monoisotopic (exact) mass is 254 g/mol. The summed E-state index contributed by atoms with van der Waals surface area (Å²) in [4.78, 5) is 0. The maximum absolute atomic E-state index is 7.00. The lowest BCUT2D eigenvalue weighted by molar-refractivity contribution is 0.221. The Labute approximate surface area is 114 Å². The van der Waals surface area contributed by atoms with Crippen LogP contribution in [0.3, 0.4) is 0 Å². The van der Waals surface area contributed by atoms with E-state index in [1.165, 1.54) is 64.2 Å². The van der Waals surface area contributed by atoms with E-state index in [4.69, 9.17) is 5.11 Å². The standard InChI is InChI=1S/C16H30.CH4O/c1-3-7-11-15(12-8-4-1)16-13-9-5-2-6-10-14-16;1-2/h15-16H,1-14H2;2H,1H3. The number of hydrogen-bond donors (Lipinski definition) is 1. The maximum Gasteiger partial charge on any atom is 0.0319 e. The second-order valence-corrected chi connectivity index (χ2v) is 6.21. The number of hydrogen-bond acceptors (Lipinski definition) is 1. The molecule has 2 aliphatic rings. The zero-order valence-corrected chi connectivity index (χ0v) is 12.5. The third kappa shape index (κ3) is 6.22. The fraction of sp³-hybridized carbons (Fsp3) is 1.00. The fourth-order valence-corrected chi connectivity index (χ4v) is 3.92. The lowest BCUT2D eigenvalue weighted by atomic mass is 9.76. The van der Waals surface area contributed by atoms with Crippen LogP contribution in [-0.2, 0) is 0 Å². The van der Waals surface area contributed by atoms with Crippen LogP contribution in [0.5, 0.6) is 0 Å². The van der Waals surface area contributed by atoms with Gasteiger partial charge in [-0.05, 0) is 11.8 Å². The Kier molecular flexibility index (Phi) is 9.65. The molecule has 1 N–H and O–H groups in total. The van der Waals surface area contributed by atoms with Gasteiger partial charge in [0.2, 0.25) is 0 Å². The molecule has 0 heterocycles. The van der Waals surface area contributed by atoms with Gasteiger partial charge in [-0.2, -0.15) is 0 Å². The number of aliphatic hydroxyl groups excluding tert-OH is 1. The SMILES string of the molecule is C1CCCC(C2CCCCCCC2)CCC1.CO. The van der Waals surface area contributed by atoms with E-state index in [9.17, 15) is 0 Å². The summed E-state index contributed by atoms with van der Waals surface area (Å²) < 4.78 is 0. The van der Waals surface area contributed by atoms with Crippen molar-refractivity contribution in [3.8, 4) is 0 Å². The fourth-order valence-electron chi connectivity index (χ4n) is 3.92. The van der Waals surface area contributed by atoms with E-state index in [1.54, 1.807) is 25.7 Å². The molecule has 0 atom stereocenters. The van der Waals surface area contributed by atoms with Crippen LogP contribution < -0.4 is 0 Å². The van der Waals surface area contributed by atoms with Gasteiger partial charge in [0.15, 0.2) is 0 Å². The summed E-state index contributed by atoms with van der Waals surface area (Å²) in [5.41, 5.74) is 0. The van der Waals surface area contributed by atoms with Gasteiger partial charge >= 0.3 is 0 Å². The van der Waals surface area contributed by atoms with E-state index in [0.29, 0.717) is 0 Å². The van der Waals surface area contributed by atoms with Gasteiger partial charge in [0.25, 0.3) is 0 Å². The van der Waals surface area contributed by atoms with E-state index < -0.39 is 0 Å². The van der Waals surface area contributed by atoms with Crippen LogP contribution in [0.2, 0.25) is 0 Å². The first kappa shape index (κ1) is 16.0. The predicted octanol–water partition coefficient (Wildman–Crippen LogP) is 5.32. The summed E-state index contributed by atoms with van der Waals surface area (Å²) in [6.45, 7) is 0. The minimum atomic E-state index is 1.00. The van der Waals surface area contributed by atoms with Crippen molar-refractivity contribution in [2.24, 2.45) is 11.8 Å². The van der Waals surface area contributed by atoms with Crippen molar-refractivity contribution < 1.29 is 5.11 Å². The molecule has 0 radical (unpaired) electrons. The average molecular weight is 254 g/mol. The van der Waals surface area contributed by atoms with Crippen LogP contribution in [0.25, 0.3) is 0 Å². The van der Waals surface area contributed by atoms with Gasteiger partial charge in [-0.1, -0.05) is 89.9 Å². The molecule has 0 saturated heterocycles. The smallest absolute Gasteiger partial charge is 0.0319 e. The van der Waals surface area contributed by atoms with Crippen LogP contribution in [-0.4, -0.2) is 12.2 Å². The van der Waals surface area contributed by atoms with Crippen molar-refractivity contribution >= 4 is 0 Å². The normalized spacial score (nSPS) is 25.0. The Morgan fingerprint density at radius 3 is 0.944 bits per heavy atom. The summed E-state index contributed by atoms with van der Waals surface area (Å²) in [6, 6.07) is 0. The summed E-state index contributed by atoms with van der Waals surface area (Å²) in [7, 11) is 1.00. The molecule has 0 unspecified atom stereocenters. The number of aliphatic hydroxyl groups is 1. The van der Waals surface area contributed by atoms with Gasteiger partial charge < -0.3 is 5.11 Å². The first-order chi connectivity index (χ1) is 8.97. The quantitative estimate of drug-likeness (QED) is 0.672. The molecule has 2 rings (SSSR count). The summed E-state index contributed by atoms with van der Waals surface area (Å²) >= 11 is 0. The highest BCUT2D eigenvalue weighted by Gasteiger charge is 2.22. The Morgan fingerprint density at radius 2 is 0.667 bits per heavy atom. The van der Waals surface area contributed by atoms with E-state index in [0.717, 1.165) is 18.9 Å². The molecule has 18 heavy (non-hydrogen) atoms. The van der Waals surface area contributed by atoms with Crippen LogP contribution in [0.1, 0.15) is 89.9 Å².